The molecule has 1 aromatic heterocycles. The molecule has 88 valence electrons. The van der Waals surface area contributed by atoms with Crippen molar-refractivity contribution in [1.82, 2.24) is 9.97 Å². The number of hydrogen-bond acceptors (Lipinski definition) is 4. The molecule has 0 spiro atoms. The lowest BCUT2D eigenvalue weighted by Gasteiger charge is -2.09. The summed E-state index contributed by atoms with van der Waals surface area (Å²) >= 11 is 5.57. The predicted molar refractivity (Wildman–Crippen MR) is 61.3 cm³/mol. The molecule has 0 radical (unpaired) electrons. The van der Waals surface area contributed by atoms with E-state index in [2.05, 4.69) is 15.3 Å². The first-order valence-corrected chi connectivity index (χ1v) is 5.26. The van der Waals surface area contributed by atoms with Gasteiger partial charge in [0.1, 0.15) is 5.15 Å². The largest absolute Gasteiger partial charge is 0.384 e. The van der Waals surface area contributed by atoms with Gasteiger partial charge >= 0.3 is 0 Å². The molecule has 1 aromatic rings. The van der Waals surface area contributed by atoms with Crippen molar-refractivity contribution in [2.45, 2.75) is 13.3 Å². The standard InChI is InChI=1S/C10H14ClN3O2/c1-7(6-16-2)3-10(15)14-9-5-12-8(11)4-13-9/h4-5,7H,3,6H2,1-2H3,(H,13,14,15). The van der Waals surface area contributed by atoms with Crippen LogP contribution in [-0.4, -0.2) is 29.6 Å². The van der Waals surface area contributed by atoms with Crippen molar-refractivity contribution in [3.05, 3.63) is 17.5 Å². The molecule has 0 aliphatic rings. The van der Waals surface area contributed by atoms with E-state index in [9.17, 15) is 4.79 Å². The molecule has 0 aliphatic heterocycles. The van der Waals surface area contributed by atoms with Gasteiger partial charge in [0, 0.05) is 20.1 Å². The van der Waals surface area contributed by atoms with Gasteiger partial charge in [0.15, 0.2) is 5.82 Å². The summed E-state index contributed by atoms with van der Waals surface area (Å²) in [6, 6.07) is 0. The van der Waals surface area contributed by atoms with Crippen LogP contribution in [0.3, 0.4) is 0 Å². The third kappa shape index (κ3) is 4.55. The average Bonchev–Trinajstić information content (AvgIpc) is 2.21. The summed E-state index contributed by atoms with van der Waals surface area (Å²) in [5.41, 5.74) is 0. The molecule has 1 N–H and O–H groups in total. The van der Waals surface area contributed by atoms with Gasteiger partial charge in [0.2, 0.25) is 5.91 Å². The predicted octanol–water partition coefficient (Wildman–Crippen LogP) is 1.74. The Labute approximate surface area is 99.2 Å². The van der Waals surface area contributed by atoms with Crippen molar-refractivity contribution in [2.75, 3.05) is 19.0 Å². The molecule has 0 aliphatic carbocycles. The number of carbonyl (C=O) groups excluding carboxylic acids is 1. The number of aromatic nitrogens is 2. The summed E-state index contributed by atoms with van der Waals surface area (Å²) < 4.78 is 4.95. The quantitative estimate of drug-likeness (QED) is 0.856. The first kappa shape index (κ1) is 12.9. The monoisotopic (exact) mass is 243 g/mol. The summed E-state index contributed by atoms with van der Waals surface area (Å²) in [4.78, 5) is 19.2. The smallest absolute Gasteiger partial charge is 0.225 e. The Hall–Kier alpha value is -1.20. The molecule has 1 atom stereocenters. The lowest BCUT2D eigenvalue weighted by atomic mass is 10.1. The highest BCUT2D eigenvalue weighted by atomic mass is 35.5. The lowest BCUT2D eigenvalue weighted by molar-refractivity contribution is -0.117. The molecular weight excluding hydrogens is 230 g/mol. The summed E-state index contributed by atoms with van der Waals surface area (Å²) in [7, 11) is 1.61. The van der Waals surface area contributed by atoms with Gasteiger partial charge in [0.05, 0.1) is 12.4 Å². The molecule has 1 rings (SSSR count). The second-order valence-electron chi connectivity index (χ2n) is 3.54. The molecular formula is C10H14ClN3O2. The summed E-state index contributed by atoms with van der Waals surface area (Å²) in [6.45, 7) is 2.50. The third-order valence-electron chi connectivity index (χ3n) is 1.87. The molecule has 0 saturated carbocycles. The summed E-state index contributed by atoms with van der Waals surface area (Å²) in [6.07, 6.45) is 3.19. The van der Waals surface area contributed by atoms with Crippen LogP contribution >= 0.6 is 11.6 Å². The van der Waals surface area contributed by atoms with E-state index in [-0.39, 0.29) is 11.8 Å². The van der Waals surface area contributed by atoms with E-state index < -0.39 is 0 Å². The van der Waals surface area contributed by atoms with Crippen LogP contribution in [0.1, 0.15) is 13.3 Å². The Kier molecular flexibility index (Phi) is 5.14. The highest BCUT2D eigenvalue weighted by molar-refractivity contribution is 6.29. The van der Waals surface area contributed by atoms with Crippen LogP contribution in [0.15, 0.2) is 12.4 Å². The third-order valence-corrected chi connectivity index (χ3v) is 2.07. The van der Waals surface area contributed by atoms with Gasteiger partial charge in [0.25, 0.3) is 0 Å². The Morgan fingerprint density at radius 3 is 2.88 bits per heavy atom. The zero-order valence-electron chi connectivity index (χ0n) is 9.24. The number of rotatable bonds is 5. The Balaban J connectivity index is 2.42. The maximum absolute atomic E-state index is 11.5. The fourth-order valence-corrected chi connectivity index (χ4v) is 1.33. The zero-order chi connectivity index (χ0) is 12.0. The summed E-state index contributed by atoms with van der Waals surface area (Å²) in [5.74, 6) is 0.463. The molecule has 1 heterocycles. The maximum atomic E-state index is 11.5. The lowest BCUT2D eigenvalue weighted by Crippen LogP contribution is -2.18. The number of hydrogen-bond donors (Lipinski definition) is 1. The van der Waals surface area contributed by atoms with Crippen LogP contribution in [0.5, 0.6) is 0 Å². The van der Waals surface area contributed by atoms with E-state index in [0.29, 0.717) is 24.0 Å². The Morgan fingerprint density at radius 1 is 1.56 bits per heavy atom. The van der Waals surface area contributed by atoms with E-state index in [0.717, 1.165) is 0 Å². The minimum absolute atomic E-state index is 0.110. The van der Waals surface area contributed by atoms with Crippen LogP contribution < -0.4 is 5.32 Å². The van der Waals surface area contributed by atoms with E-state index in [4.69, 9.17) is 16.3 Å². The number of carbonyl (C=O) groups is 1. The van der Waals surface area contributed by atoms with Crippen molar-refractivity contribution < 1.29 is 9.53 Å². The molecule has 0 saturated heterocycles. The van der Waals surface area contributed by atoms with Crippen molar-refractivity contribution >= 4 is 23.3 Å². The second-order valence-corrected chi connectivity index (χ2v) is 3.92. The zero-order valence-corrected chi connectivity index (χ0v) is 9.99. The molecule has 0 aromatic carbocycles. The molecule has 1 unspecified atom stereocenters. The van der Waals surface area contributed by atoms with E-state index in [1.165, 1.54) is 12.4 Å². The van der Waals surface area contributed by atoms with Crippen LogP contribution in [0.2, 0.25) is 5.15 Å². The van der Waals surface area contributed by atoms with Crippen molar-refractivity contribution in [3.63, 3.8) is 0 Å². The summed E-state index contributed by atoms with van der Waals surface area (Å²) in [5, 5.41) is 2.93. The molecule has 6 heteroatoms. The molecule has 0 bridgehead atoms. The van der Waals surface area contributed by atoms with E-state index in [1.807, 2.05) is 6.92 Å². The number of amides is 1. The van der Waals surface area contributed by atoms with E-state index in [1.54, 1.807) is 7.11 Å². The minimum Gasteiger partial charge on any atom is -0.384 e. The number of halogens is 1. The SMILES string of the molecule is COCC(C)CC(=O)Nc1cnc(Cl)cn1. The van der Waals surface area contributed by atoms with Crippen LogP contribution in [-0.2, 0) is 9.53 Å². The van der Waals surface area contributed by atoms with Gasteiger partial charge in [-0.3, -0.25) is 4.79 Å². The van der Waals surface area contributed by atoms with Crippen molar-refractivity contribution in [2.24, 2.45) is 5.92 Å². The number of nitrogens with one attached hydrogen (secondary N) is 1. The minimum atomic E-state index is -0.110. The molecule has 16 heavy (non-hydrogen) atoms. The number of anilines is 1. The topological polar surface area (TPSA) is 64.1 Å². The number of ether oxygens (including phenoxy) is 1. The highest BCUT2D eigenvalue weighted by Crippen LogP contribution is 2.08. The highest BCUT2D eigenvalue weighted by Gasteiger charge is 2.09. The fraction of sp³-hybridized carbons (Fsp3) is 0.500. The van der Waals surface area contributed by atoms with Crippen LogP contribution in [0, 0.1) is 5.92 Å². The average molecular weight is 244 g/mol. The van der Waals surface area contributed by atoms with Crippen LogP contribution in [0.25, 0.3) is 0 Å². The normalized spacial score (nSPS) is 12.2. The van der Waals surface area contributed by atoms with Crippen molar-refractivity contribution in [3.8, 4) is 0 Å². The van der Waals surface area contributed by atoms with Gasteiger partial charge in [-0.25, -0.2) is 9.97 Å². The fourth-order valence-electron chi connectivity index (χ4n) is 1.23. The number of nitrogens with zero attached hydrogens (tertiary/aromatic N) is 2. The molecule has 1 amide bonds. The van der Waals surface area contributed by atoms with Gasteiger partial charge < -0.3 is 10.1 Å². The van der Waals surface area contributed by atoms with Crippen molar-refractivity contribution in [1.29, 1.82) is 0 Å². The number of methoxy groups -OCH3 is 1. The van der Waals surface area contributed by atoms with Crippen LogP contribution in [0.4, 0.5) is 5.82 Å². The van der Waals surface area contributed by atoms with Gasteiger partial charge in [-0.2, -0.15) is 0 Å². The maximum Gasteiger partial charge on any atom is 0.225 e. The second kappa shape index (κ2) is 6.40. The van der Waals surface area contributed by atoms with Gasteiger partial charge in [-0.05, 0) is 5.92 Å². The first-order chi connectivity index (χ1) is 7.61. The Bertz CT molecular complexity index is 342. The van der Waals surface area contributed by atoms with Gasteiger partial charge in [-0.15, -0.1) is 0 Å². The van der Waals surface area contributed by atoms with E-state index >= 15 is 0 Å². The molecule has 5 nitrogen and oxygen atoms in total. The first-order valence-electron chi connectivity index (χ1n) is 4.88. The molecule has 0 fully saturated rings. The Morgan fingerprint density at radius 2 is 2.31 bits per heavy atom. The van der Waals surface area contributed by atoms with Gasteiger partial charge in [-0.1, -0.05) is 18.5 Å².